The van der Waals surface area contributed by atoms with E-state index in [1.165, 1.54) is 10.8 Å². The van der Waals surface area contributed by atoms with E-state index in [1.807, 2.05) is 61.7 Å². The Labute approximate surface area is 244 Å². The van der Waals surface area contributed by atoms with E-state index >= 15 is 0 Å². The van der Waals surface area contributed by atoms with Gasteiger partial charge >= 0.3 is 0 Å². The zero-order chi connectivity index (χ0) is 27.8. The second kappa shape index (κ2) is 10.6. The van der Waals surface area contributed by atoms with Crippen LogP contribution in [-0.2, 0) is 0 Å². The largest absolute Gasteiger partial charge is 0.457 e. The molecule has 6 aromatic rings. The molecule has 0 bridgehead atoms. The molecule has 7 rings (SSSR count). The molecule has 5 nitrogen and oxygen atoms in total. The molecule has 2 aromatic heterocycles. The van der Waals surface area contributed by atoms with E-state index < -0.39 is 0 Å². The first-order chi connectivity index (χ1) is 20.2. The highest BCUT2D eigenvalue weighted by molar-refractivity contribution is 7.80. The molecule has 0 aliphatic carbocycles. The van der Waals surface area contributed by atoms with Crippen LogP contribution in [0.25, 0.3) is 16.5 Å². The molecule has 0 amide bonds. The fraction of sp³-hybridized carbons (Fsp3) is 0.0857. The van der Waals surface area contributed by atoms with Crippen molar-refractivity contribution in [3.63, 3.8) is 0 Å². The Morgan fingerprint density at radius 1 is 0.756 bits per heavy atom. The van der Waals surface area contributed by atoms with Crippen LogP contribution in [0, 0.1) is 6.92 Å². The molecule has 41 heavy (non-hydrogen) atoms. The zero-order valence-corrected chi connectivity index (χ0v) is 23.3. The van der Waals surface area contributed by atoms with Gasteiger partial charge in [-0.25, -0.2) is 0 Å². The van der Waals surface area contributed by atoms with E-state index in [2.05, 4.69) is 93.8 Å². The van der Waals surface area contributed by atoms with E-state index in [4.69, 9.17) is 21.9 Å². The van der Waals surface area contributed by atoms with Crippen LogP contribution in [0.4, 0.5) is 5.69 Å². The Bertz CT molecular complexity index is 1850. The minimum absolute atomic E-state index is 0.137. The summed E-state index contributed by atoms with van der Waals surface area (Å²) in [6.07, 6.45) is 3.95. The summed E-state index contributed by atoms with van der Waals surface area (Å²) in [5, 5.41) is 6.65. The van der Waals surface area contributed by atoms with Crippen molar-refractivity contribution >= 4 is 33.8 Å². The third-order valence-electron chi connectivity index (χ3n) is 7.63. The summed E-state index contributed by atoms with van der Waals surface area (Å²) in [4.78, 5) is 6.91. The lowest BCUT2D eigenvalue weighted by atomic mass is 10.0. The quantitative estimate of drug-likeness (QED) is 0.211. The van der Waals surface area contributed by atoms with Gasteiger partial charge in [0.15, 0.2) is 5.11 Å². The number of para-hydroxylation sites is 1. The molecular formula is C35H28N4OS. The number of aryl methyl sites for hydroxylation is 1. The molecule has 1 saturated heterocycles. The number of nitrogens with one attached hydrogen (secondary N) is 1. The van der Waals surface area contributed by atoms with Crippen molar-refractivity contribution < 1.29 is 4.74 Å². The normalized spacial score (nSPS) is 16.6. The second-order valence-corrected chi connectivity index (χ2v) is 10.6. The topological polar surface area (TPSA) is 42.3 Å². The van der Waals surface area contributed by atoms with Crippen molar-refractivity contribution in [2.24, 2.45) is 0 Å². The first kappa shape index (κ1) is 25.1. The van der Waals surface area contributed by atoms with Crippen LogP contribution in [0.1, 0.15) is 29.0 Å². The van der Waals surface area contributed by atoms with Crippen LogP contribution in [0.5, 0.6) is 11.5 Å². The van der Waals surface area contributed by atoms with Crippen LogP contribution in [0.2, 0.25) is 0 Å². The summed E-state index contributed by atoms with van der Waals surface area (Å²) < 4.78 is 8.43. The van der Waals surface area contributed by atoms with Crippen molar-refractivity contribution in [2.45, 2.75) is 19.0 Å². The molecule has 0 unspecified atom stereocenters. The van der Waals surface area contributed by atoms with Crippen LogP contribution < -0.4 is 15.0 Å². The lowest BCUT2D eigenvalue weighted by molar-refractivity contribution is 0.479. The van der Waals surface area contributed by atoms with Gasteiger partial charge in [0.05, 0.1) is 11.7 Å². The predicted molar refractivity (Wildman–Crippen MR) is 169 cm³/mol. The molecule has 0 saturated carbocycles. The highest BCUT2D eigenvalue weighted by Crippen LogP contribution is 2.43. The lowest BCUT2D eigenvalue weighted by Crippen LogP contribution is -2.30. The van der Waals surface area contributed by atoms with Gasteiger partial charge in [-0.2, -0.15) is 0 Å². The van der Waals surface area contributed by atoms with Gasteiger partial charge in [0.2, 0.25) is 0 Å². The van der Waals surface area contributed by atoms with Gasteiger partial charge in [0.1, 0.15) is 17.5 Å². The number of thiocarbonyl (C=S) groups is 1. The molecule has 3 heterocycles. The third-order valence-corrected chi connectivity index (χ3v) is 7.94. The SMILES string of the molecule is Cc1ccccc1Oc1ccc(N2C(=S)N[C@H](c3ccccn3)[C@@H]2c2cccn2-c2ccc3ccccc3c2)cc1. The van der Waals surface area contributed by atoms with Gasteiger partial charge in [0.25, 0.3) is 0 Å². The van der Waals surface area contributed by atoms with E-state index in [0.29, 0.717) is 5.11 Å². The van der Waals surface area contributed by atoms with Crippen LogP contribution >= 0.6 is 12.2 Å². The number of nitrogens with zero attached hydrogens (tertiary/aromatic N) is 3. The number of benzene rings is 4. The Balaban J connectivity index is 1.29. The van der Waals surface area contributed by atoms with Crippen LogP contribution in [-0.4, -0.2) is 14.7 Å². The summed E-state index contributed by atoms with van der Waals surface area (Å²) >= 11 is 5.98. The molecule has 0 spiro atoms. The molecule has 200 valence electrons. The van der Waals surface area contributed by atoms with Gasteiger partial charge in [-0.15, -0.1) is 0 Å². The fourth-order valence-electron chi connectivity index (χ4n) is 5.60. The van der Waals surface area contributed by atoms with Crippen molar-refractivity contribution in [3.05, 3.63) is 151 Å². The smallest absolute Gasteiger partial charge is 0.174 e. The Hall–Kier alpha value is -4.94. The molecule has 1 aliphatic rings. The van der Waals surface area contributed by atoms with Gasteiger partial charge in [-0.1, -0.05) is 54.6 Å². The number of rotatable bonds is 6. The molecule has 4 aromatic carbocycles. The van der Waals surface area contributed by atoms with Crippen molar-refractivity contribution in [2.75, 3.05) is 4.90 Å². The highest BCUT2D eigenvalue weighted by Gasteiger charge is 2.42. The second-order valence-electron chi connectivity index (χ2n) is 10.2. The van der Waals surface area contributed by atoms with E-state index in [-0.39, 0.29) is 12.1 Å². The monoisotopic (exact) mass is 552 g/mol. The number of pyridine rings is 1. The van der Waals surface area contributed by atoms with Crippen LogP contribution in [0.3, 0.4) is 0 Å². The Kier molecular flexibility index (Phi) is 6.45. The third kappa shape index (κ3) is 4.72. The first-order valence-corrected chi connectivity index (χ1v) is 14.1. The average Bonchev–Trinajstić information content (AvgIpc) is 3.63. The first-order valence-electron chi connectivity index (χ1n) is 13.7. The zero-order valence-electron chi connectivity index (χ0n) is 22.5. The summed E-state index contributed by atoms with van der Waals surface area (Å²) in [5.74, 6) is 1.62. The maximum atomic E-state index is 6.17. The number of ether oxygens (including phenoxy) is 1. The Morgan fingerprint density at radius 2 is 1.51 bits per heavy atom. The molecule has 1 fully saturated rings. The number of anilines is 1. The molecule has 2 atom stereocenters. The molecule has 1 aliphatic heterocycles. The summed E-state index contributed by atoms with van der Waals surface area (Å²) in [6, 6.07) is 41.2. The Morgan fingerprint density at radius 3 is 2.32 bits per heavy atom. The van der Waals surface area contributed by atoms with E-state index in [1.54, 1.807) is 0 Å². The van der Waals surface area contributed by atoms with Crippen molar-refractivity contribution in [1.29, 1.82) is 0 Å². The lowest BCUT2D eigenvalue weighted by Gasteiger charge is -2.29. The van der Waals surface area contributed by atoms with Crippen LogP contribution in [0.15, 0.2) is 134 Å². The maximum Gasteiger partial charge on any atom is 0.174 e. The van der Waals surface area contributed by atoms with Gasteiger partial charge in [0, 0.05) is 29.5 Å². The maximum absolute atomic E-state index is 6.17. The number of hydrogen-bond donors (Lipinski definition) is 1. The molecule has 6 heteroatoms. The highest BCUT2D eigenvalue weighted by atomic mass is 32.1. The van der Waals surface area contributed by atoms with Crippen molar-refractivity contribution in [1.82, 2.24) is 14.9 Å². The summed E-state index contributed by atoms with van der Waals surface area (Å²) in [5.41, 5.74) is 5.23. The minimum atomic E-state index is -0.138. The molecular weight excluding hydrogens is 524 g/mol. The number of aromatic nitrogens is 2. The molecule has 1 N–H and O–H groups in total. The number of fused-ring (bicyclic) bond motifs is 1. The standard InChI is InChI=1S/C35H28N4OS/c1-24-9-2-5-14-32(24)40-29-19-17-27(18-20-29)39-34(33(37-35(39)41)30-12-6-7-21-36-30)31-13-8-22-38(31)28-16-15-25-10-3-4-11-26(25)23-28/h2-23,33-34H,1H3,(H,37,41)/t33-,34+/m1/s1. The van der Waals surface area contributed by atoms with Gasteiger partial charge in [-0.3, -0.25) is 4.98 Å². The minimum Gasteiger partial charge on any atom is -0.457 e. The fourth-order valence-corrected chi connectivity index (χ4v) is 5.95. The summed E-state index contributed by atoms with van der Waals surface area (Å²) in [7, 11) is 0. The predicted octanol–water partition coefficient (Wildman–Crippen LogP) is 8.30. The van der Waals surface area contributed by atoms with Crippen molar-refractivity contribution in [3.8, 4) is 17.2 Å². The number of hydrogen-bond acceptors (Lipinski definition) is 3. The van der Waals surface area contributed by atoms with E-state index in [0.717, 1.165) is 39.8 Å². The average molecular weight is 553 g/mol. The van der Waals surface area contributed by atoms with Gasteiger partial charge < -0.3 is 19.5 Å². The van der Waals surface area contributed by atoms with E-state index in [9.17, 15) is 0 Å². The molecule has 0 radical (unpaired) electrons. The van der Waals surface area contributed by atoms with Gasteiger partial charge in [-0.05, 0) is 102 Å². The summed E-state index contributed by atoms with van der Waals surface area (Å²) in [6.45, 7) is 2.05.